The maximum atomic E-state index is 11.6. The van der Waals surface area contributed by atoms with E-state index in [2.05, 4.69) is 10.6 Å². The Morgan fingerprint density at radius 2 is 1.47 bits per heavy atom. The third-order valence-electron chi connectivity index (χ3n) is 3.63. The molecule has 0 atom stereocenters. The topological polar surface area (TPSA) is 41.1 Å². The lowest BCUT2D eigenvalue weighted by atomic mass is 10.2. The van der Waals surface area contributed by atoms with E-state index >= 15 is 0 Å². The van der Waals surface area contributed by atoms with Crippen LogP contribution >= 0.6 is 0 Å². The summed E-state index contributed by atoms with van der Waals surface area (Å²) in [5, 5.41) is 6.44. The molecule has 0 aromatic carbocycles. The van der Waals surface area contributed by atoms with Crippen molar-refractivity contribution in [2.75, 3.05) is 6.54 Å². The Hall–Kier alpha value is -0.570. The molecule has 2 rings (SSSR count). The van der Waals surface area contributed by atoms with Gasteiger partial charge in [0, 0.05) is 12.1 Å². The summed E-state index contributed by atoms with van der Waals surface area (Å²) in [5.41, 5.74) is 0. The maximum absolute atomic E-state index is 11.6. The van der Waals surface area contributed by atoms with Crippen molar-refractivity contribution in [3.63, 3.8) is 0 Å². The lowest BCUT2D eigenvalue weighted by molar-refractivity contribution is -0.121. The zero-order valence-electron chi connectivity index (χ0n) is 9.43. The highest BCUT2D eigenvalue weighted by Gasteiger charge is 2.18. The second-order valence-corrected chi connectivity index (χ2v) is 4.91. The van der Waals surface area contributed by atoms with Crippen molar-refractivity contribution >= 4 is 5.91 Å². The Balaban J connectivity index is 1.59. The Kier molecular flexibility index (Phi) is 4.01. The first-order valence-corrected chi connectivity index (χ1v) is 6.37. The monoisotopic (exact) mass is 210 g/mol. The molecule has 86 valence electrons. The van der Waals surface area contributed by atoms with E-state index in [1.807, 2.05) is 0 Å². The van der Waals surface area contributed by atoms with Crippen LogP contribution < -0.4 is 10.6 Å². The molecule has 0 aliphatic heterocycles. The van der Waals surface area contributed by atoms with E-state index in [1.165, 1.54) is 51.4 Å². The standard InChI is InChI=1S/C12H22N2O/c15-12(14-11-7-3-4-8-11)9-13-10-5-1-2-6-10/h10-11,13H,1-9H2,(H,14,15). The fourth-order valence-corrected chi connectivity index (χ4v) is 2.72. The number of nitrogens with one attached hydrogen (secondary N) is 2. The van der Waals surface area contributed by atoms with Gasteiger partial charge in [0.1, 0.15) is 0 Å². The van der Waals surface area contributed by atoms with Gasteiger partial charge in [0.25, 0.3) is 0 Å². The van der Waals surface area contributed by atoms with Gasteiger partial charge in [-0.05, 0) is 25.7 Å². The third kappa shape index (κ3) is 3.49. The lowest BCUT2D eigenvalue weighted by Gasteiger charge is -2.14. The highest BCUT2D eigenvalue weighted by Crippen LogP contribution is 2.18. The molecular weight excluding hydrogens is 188 g/mol. The Bertz CT molecular complexity index is 206. The predicted octanol–water partition coefficient (Wildman–Crippen LogP) is 1.58. The van der Waals surface area contributed by atoms with Crippen LogP contribution in [0.4, 0.5) is 0 Å². The van der Waals surface area contributed by atoms with Crippen molar-refractivity contribution in [2.24, 2.45) is 0 Å². The van der Waals surface area contributed by atoms with Gasteiger partial charge in [-0.2, -0.15) is 0 Å². The molecule has 0 bridgehead atoms. The number of carbonyl (C=O) groups excluding carboxylic acids is 1. The van der Waals surface area contributed by atoms with E-state index in [0.29, 0.717) is 18.6 Å². The highest BCUT2D eigenvalue weighted by atomic mass is 16.1. The SMILES string of the molecule is O=C(CNC1CCCC1)NC1CCCC1. The largest absolute Gasteiger partial charge is 0.352 e. The molecule has 2 N–H and O–H groups in total. The zero-order chi connectivity index (χ0) is 10.5. The quantitative estimate of drug-likeness (QED) is 0.739. The summed E-state index contributed by atoms with van der Waals surface area (Å²) in [5.74, 6) is 0.189. The van der Waals surface area contributed by atoms with Gasteiger partial charge in [0.2, 0.25) is 5.91 Å². The van der Waals surface area contributed by atoms with E-state index in [4.69, 9.17) is 0 Å². The molecule has 0 heterocycles. The van der Waals surface area contributed by atoms with E-state index < -0.39 is 0 Å². The smallest absolute Gasteiger partial charge is 0.234 e. The summed E-state index contributed by atoms with van der Waals surface area (Å²) in [7, 11) is 0. The minimum absolute atomic E-state index is 0.189. The average Bonchev–Trinajstić information content (AvgIpc) is 2.86. The molecule has 2 aliphatic carbocycles. The van der Waals surface area contributed by atoms with Crippen molar-refractivity contribution in [1.82, 2.24) is 10.6 Å². The molecule has 0 aromatic rings. The lowest BCUT2D eigenvalue weighted by Crippen LogP contribution is -2.41. The highest BCUT2D eigenvalue weighted by molar-refractivity contribution is 5.78. The number of hydrogen-bond acceptors (Lipinski definition) is 2. The van der Waals surface area contributed by atoms with E-state index in [9.17, 15) is 4.79 Å². The van der Waals surface area contributed by atoms with Gasteiger partial charge < -0.3 is 10.6 Å². The third-order valence-corrected chi connectivity index (χ3v) is 3.63. The summed E-state index contributed by atoms with van der Waals surface area (Å²) in [4.78, 5) is 11.6. The first-order valence-electron chi connectivity index (χ1n) is 6.37. The van der Waals surface area contributed by atoms with Gasteiger partial charge in [0.15, 0.2) is 0 Å². The van der Waals surface area contributed by atoms with Crippen LogP contribution in [0.25, 0.3) is 0 Å². The Labute approximate surface area is 92.0 Å². The summed E-state index contributed by atoms with van der Waals surface area (Å²) < 4.78 is 0. The minimum atomic E-state index is 0.189. The first-order chi connectivity index (χ1) is 7.34. The molecular formula is C12H22N2O. The molecule has 3 heteroatoms. The van der Waals surface area contributed by atoms with Crippen molar-refractivity contribution in [1.29, 1.82) is 0 Å². The molecule has 2 saturated carbocycles. The van der Waals surface area contributed by atoms with Crippen molar-refractivity contribution in [3.05, 3.63) is 0 Å². The molecule has 0 aromatic heterocycles. The number of amides is 1. The van der Waals surface area contributed by atoms with E-state index in [1.54, 1.807) is 0 Å². The predicted molar refractivity (Wildman–Crippen MR) is 60.7 cm³/mol. The first kappa shape index (κ1) is 10.9. The number of carbonyl (C=O) groups is 1. The van der Waals surface area contributed by atoms with Crippen molar-refractivity contribution in [2.45, 2.75) is 63.5 Å². The molecule has 3 nitrogen and oxygen atoms in total. The maximum Gasteiger partial charge on any atom is 0.234 e. The summed E-state index contributed by atoms with van der Waals surface area (Å²) in [6.45, 7) is 0.515. The van der Waals surface area contributed by atoms with Gasteiger partial charge in [-0.15, -0.1) is 0 Å². The molecule has 2 fully saturated rings. The van der Waals surface area contributed by atoms with Crippen molar-refractivity contribution in [3.8, 4) is 0 Å². The fourth-order valence-electron chi connectivity index (χ4n) is 2.72. The fraction of sp³-hybridized carbons (Fsp3) is 0.917. The molecule has 0 radical (unpaired) electrons. The van der Waals surface area contributed by atoms with Crippen LogP contribution in [0.1, 0.15) is 51.4 Å². The second-order valence-electron chi connectivity index (χ2n) is 4.91. The second kappa shape index (κ2) is 5.50. The van der Waals surface area contributed by atoms with Crippen molar-refractivity contribution < 1.29 is 4.79 Å². The zero-order valence-corrected chi connectivity index (χ0v) is 9.43. The van der Waals surface area contributed by atoms with Crippen LogP contribution in [0, 0.1) is 0 Å². The normalized spacial score (nSPS) is 23.5. The van der Waals surface area contributed by atoms with E-state index in [-0.39, 0.29) is 5.91 Å². The summed E-state index contributed by atoms with van der Waals surface area (Å²) >= 11 is 0. The molecule has 15 heavy (non-hydrogen) atoms. The Morgan fingerprint density at radius 1 is 0.933 bits per heavy atom. The molecule has 1 amide bonds. The number of rotatable bonds is 4. The minimum Gasteiger partial charge on any atom is -0.352 e. The van der Waals surface area contributed by atoms with Crippen LogP contribution in [-0.4, -0.2) is 24.5 Å². The van der Waals surface area contributed by atoms with Crippen LogP contribution in [0.3, 0.4) is 0 Å². The Morgan fingerprint density at radius 3 is 2.07 bits per heavy atom. The molecule has 0 saturated heterocycles. The molecule has 0 spiro atoms. The van der Waals surface area contributed by atoms with E-state index in [0.717, 1.165) is 0 Å². The molecule has 0 unspecified atom stereocenters. The van der Waals surface area contributed by atoms with Gasteiger partial charge >= 0.3 is 0 Å². The van der Waals surface area contributed by atoms with Gasteiger partial charge in [-0.1, -0.05) is 25.7 Å². The summed E-state index contributed by atoms with van der Waals surface area (Å²) in [6, 6.07) is 1.06. The summed E-state index contributed by atoms with van der Waals surface area (Å²) in [6.07, 6.45) is 10.0. The molecule has 2 aliphatic rings. The van der Waals surface area contributed by atoms with Gasteiger partial charge in [0.05, 0.1) is 6.54 Å². The van der Waals surface area contributed by atoms with Crippen LogP contribution in [0.2, 0.25) is 0 Å². The van der Waals surface area contributed by atoms with Crippen LogP contribution in [-0.2, 0) is 4.79 Å². The average molecular weight is 210 g/mol. The van der Waals surface area contributed by atoms with Gasteiger partial charge in [-0.3, -0.25) is 4.79 Å². The van der Waals surface area contributed by atoms with Gasteiger partial charge in [-0.25, -0.2) is 0 Å². The number of hydrogen-bond donors (Lipinski definition) is 2. The van der Waals surface area contributed by atoms with Crippen LogP contribution in [0.15, 0.2) is 0 Å². The van der Waals surface area contributed by atoms with Crippen LogP contribution in [0.5, 0.6) is 0 Å².